The molecule has 33 heavy (non-hydrogen) atoms. The third-order valence-electron chi connectivity index (χ3n) is 5.11. The van der Waals surface area contributed by atoms with Crippen molar-refractivity contribution in [2.45, 2.75) is 25.3 Å². The predicted octanol–water partition coefficient (Wildman–Crippen LogP) is 2.87. The van der Waals surface area contributed by atoms with Gasteiger partial charge in [0.15, 0.2) is 9.84 Å². The number of amides is 1. The number of aryl methyl sites for hydroxylation is 2. The van der Waals surface area contributed by atoms with E-state index in [1.165, 1.54) is 23.4 Å². The minimum atomic E-state index is -3.60. The quantitative estimate of drug-likeness (QED) is 0.479. The van der Waals surface area contributed by atoms with Gasteiger partial charge in [-0.25, -0.2) is 28.4 Å². The number of hydrogen-bond donors (Lipinski definition) is 1. The molecule has 0 aliphatic rings. The molecule has 1 amide bonds. The Morgan fingerprint density at radius 3 is 2.39 bits per heavy atom. The van der Waals surface area contributed by atoms with Gasteiger partial charge in [-0.2, -0.15) is 0 Å². The number of nitrogens with zero attached hydrogens (tertiary/aromatic N) is 5. The first-order valence-electron chi connectivity index (χ1n) is 10.1. The first kappa shape index (κ1) is 22.3. The Morgan fingerprint density at radius 1 is 1.00 bits per heavy atom. The standard InChI is InChI=1S/C23H22N6O3S/c1-14-22(24)28-19-10-16(8-9-18(19)27-14)13-29(23(30)17-11-25-15(2)26-12-17)20-6-4-5-7-21(20)33(3,31)32/h4-12H,13H2,1-3H3,(H2,24,28). The summed E-state index contributed by atoms with van der Waals surface area (Å²) in [4.78, 5) is 32.0. The summed E-state index contributed by atoms with van der Waals surface area (Å²) in [6.45, 7) is 3.58. The maximum absolute atomic E-state index is 13.5. The largest absolute Gasteiger partial charge is 0.382 e. The van der Waals surface area contributed by atoms with Crippen molar-refractivity contribution in [1.29, 1.82) is 0 Å². The van der Waals surface area contributed by atoms with Gasteiger partial charge < -0.3 is 10.6 Å². The molecule has 2 N–H and O–H groups in total. The zero-order chi connectivity index (χ0) is 23.8. The molecule has 2 heterocycles. The van der Waals surface area contributed by atoms with E-state index < -0.39 is 15.7 Å². The summed E-state index contributed by atoms with van der Waals surface area (Å²) in [6, 6.07) is 11.8. The van der Waals surface area contributed by atoms with Crippen LogP contribution in [0.2, 0.25) is 0 Å². The molecule has 0 saturated carbocycles. The van der Waals surface area contributed by atoms with Crippen molar-refractivity contribution in [3.63, 3.8) is 0 Å². The summed E-state index contributed by atoms with van der Waals surface area (Å²) in [5, 5.41) is 0. The Hall–Kier alpha value is -3.92. The van der Waals surface area contributed by atoms with E-state index >= 15 is 0 Å². The summed E-state index contributed by atoms with van der Waals surface area (Å²) in [6.07, 6.45) is 3.96. The second-order valence-electron chi connectivity index (χ2n) is 7.67. The van der Waals surface area contributed by atoms with Crippen LogP contribution in [-0.4, -0.2) is 40.5 Å². The molecule has 0 saturated heterocycles. The average molecular weight is 463 g/mol. The van der Waals surface area contributed by atoms with Crippen LogP contribution in [0.1, 0.15) is 27.4 Å². The van der Waals surface area contributed by atoms with Gasteiger partial charge in [-0.05, 0) is 43.7 Å². The van der Waals surface area contributed by atoms with Gasteiger partial charge in [0.1, 0.15) is 11.6 Å². The molecule has 4 rings (SSSR count). The lowest BCUT2D eigenvalue weighted by Crippen LogP contribution is -2.32. The molecular formula is C23H22N6O3S. The fourth-order valence-electron chi connectivity index (χ4n) is 3.40. The highest BCUT2D eigenvalue weighted by Gasteiger charge is 2.25. The first-order chi connectivity index (χ1) is 15.6. The van der Waals surface area contributed by atoms with E-state index in [9.17, 15) is 13.2 Å². The lowest BCUT2D eigenvalue weighted by molar-refractivity contribution is 0.0984. The van der Waals surface area contributed by atoms with Crippen LogP contribution in [0.25, 0.3) is 11.0 Å². The van der Waals surface area contributed by atoms with Gasteiger partial charge in [0.2, 0.25) is 0 Å². The van der Waals surface area contributed by atoms with Crippen LogP contribution in [0.15, 0.2) is 59.8 Å². The van der Waals surface area contributed by atoms with Crippen molar-refractivity contribution >= 4 is 38.3 Å². The molecule has 0 unspecified atom stereocenters. The predicted molar refractivity (Wildman–Crippen MR) is 126 cm³/mol. The van der Waals surface area contributed by atoms with Crippen molar-refractivity contribution in [3.05, 3.63) is 77.5 Å². The Morgan fingerprint density at radius 2 is 1.70 bits per heavy atom. The molecule has 0 atom stereocenters. The Labute approximate surface area is 191 Å². The van der Waals surface area contributed by atoms with Crippen LogP contribution in [0.4, 0.5) is 11.5 Å². The van der Waals surface area contributed by atoms with Gasteiger partial charge in [-0.1, -0.05) is 18.2 Å². The number of anilines is 2. The van der Waals surface area contributed by atoms with Gasteiger partial charge in [-0.3, -0.25) is 4.79 Å². The van der Waals surface area contributed by atoms with E-state index in [2.05, 4.69) is 19.9 Å². The van der Waals surface area contributed by atoms with Crippen LogP contribution < -0.4 is 10.6 Å². The van der Waals surface area contributed by atoms with Crippen LogP contribution in [0, 0.1) is 13.8 Å². The maximum Gasteiger partial charge on any atom is 0.261 e. The fourth-order valence-corrected chi connectivity index (χ4v) is 4.29. The monoisotopic (exact) mass is 462 g/mol. The van der Waals surface area contributed by atoms with E-state index in [1.807, 2.05) is 6.07 Å². The number of nitrogen functional groups attached to an aromatic ring is 1. The fraction of sp³-hybridized carbons (Fsp3) is 0.174. The van der Waals surface area contributed by atoms with Crippen molar-refractivity contribution in [1.82, 2.24) is 19.9 Å². The smallest absolute Gasteiger partial charge is 0.261 e. The summed E-state index contributed by atoms with van der Waals surface area (Å²) in [5.41, 5.74) is 9.03. The van der Waals surface area contributed by atoms with Crippen molar-refractivity contribution in [2.75, 3.05) is 16.9 Å². The summed E-state index contributed by atoms with van der Waals surface area (Å²) in [7, 11) is -3.60. The number of aromatic nitrogens is 4. The molecule has 2 aromatic heterocycles. The molecule has 2 aromatic carbocycles. The number of nitrogens with two attached hydrogens (primary N) is 1. The highest BCUT2D eigenvalue weighted by molar-refractivity contribution is 7.90. The summed E-state index contributed by atoms with van der Waals surface area (Å²) < 4.78 is 24.9. The zero-order valence-corrected chi connectivity index (χ0v) is 19.2. The third kappa shape index (κ3) is 4.65. The van der Waals surface area contributed by atoms with Crippen LogP contribution in [0.3, 0.4) is 0 Å². The SMILES string of the molecule is Cc1ncc(C(=O)N(Cc2ccc3nc(C)c(N)nc3c2)c2ccccc2S(C)(=O)=O)cn1. The number of carbonyl (C=O) groups excluding carboxylic acids is 1. The summed E-state index contributed by atoms with van der Waals surface area (Å²) in [5.74, 6) is 0.420. The maximum atomic E-state index is 13.5. The molecule has 168 valence electrons. The molecule has 0 bridgehead atoms. The van der Waals surface area contributed by atoms with Gasteiger partial charge in [0.25, 0.3) is 5.91 Å². The molecule has 0 aliphatic heterocycles. The van der Waals surface area contributed by atoms with E-state index in [0.29, 0.717) is 28.4 Å². The van der Waals surface area contributed by atoms with Crippen LogP contribution in [0.5, 0.6) is 0 Å². The molecule has 0 spiro atoms. The second kappa shape index (κ2) is 8.55. The molecule has 0 radical (unpaired) electrons. The minimum Gasteiger partial charge on any atom is -0.382 e. The molecular weight excluding hydrogens is 440 g/mol. The van der Waals surface area contributed by atoms with E-state index in [1.54, 1.807) is 44.2 Å². The molecule has 0 fully saturated rings. The van der Waals surface area contributed by atoms with Gasteiger partial charge in [0, 0.05) is 18.6 Å². The van der Waals surface area contributed by atoms with Crippen molar-refractivity contribution in [2.24, 2.45) is 0 Å². The number of rotatable bonds is 5. The molecule has 0 aliphatic carbocycles. The lowest BCUT2D eigenvalue weighted by Gasteiger charge is -2.25. The van der Waals surface area contributed by atoms with Crippen LogP contribution >= 0.6 is 0 Å². The van der Waals surface area contributed by atoms with Crippen molar-refractivity contribution < 1.29 is 13.2 Å². The van der Waals surface area contributed by atoms with Gasteiger partial charge in [0.05, 0.1) is 39.4 Å². The summed E-state index contributed by atoms with van der Waals surface area (Å²) >= 11 is 0. The first-order valence-corrected chi connectivity index (χ1v) is 11.9. The topological polar surface area (TPSA) is 132 Å². The zero-order valence-electron chi connectivity index (χ0n) is 18.3. The van der Waals surface area contributed by atoms with Gasteiger partial charge >= 0.3 is 0 Å². The molecule has 9 nitrogen and oxygen atoms in total. The highest BCUT2D eigenvalue weighted by Crippen LogP contribution is 2.28. The number of benzene rings is 2. The number of hydrogen-bond acceptors (Lipinski definition) is 8. The van der Waals surface area contributed by atoms with Crippen LogP contribution in [-0.2, 0) is 16.4 Å². The third-order valence-corrected chi connectivity index (χ3v) is 6.25. The Balaban J connectivity index is 1.83. The minimum absolute atomic E-state index is 0.0480. The Kier molecular flexibility index (Phi) is 5.77. The number of para-hydroxylation sites is 1. The Bertz CT molecular complexity index is 1470. The number of sulfone groups is 1. The molecule has 10 heteroatoms. The van der Waals surface area contributed by atoms with E-state index in [4.69, 9.17) is 5.73 Å². The normalized spacial score (nSPS) is 11.5. The van der Waals surface area contributed by atoms with E-state index in [-0.39, 0.29) is 22.7 Å². The second-order valence-corrected chi connectivity index (χ2v) is 9.65. The average Bonchev–Trinajstić information content (AvgIpc) is 2.78. The number of carbonyl (C=O) groups is 1. The van der Waals surface area contributed by atoms with Crippen molar-refractivity contribution in [3.8, 4) is 0 Å². The van der Waals surface area contributed by atoms with E-state index in [0.717, 1.165) is 11.8 Å². The number of fused-ring (bicyclic) bond motifs is 1. The van der Waals surface area contributed by atoms with Gasteiger partial charge in [-0.15, -0.1) is 0 Å². The molecule has 4 aromatic rings. The highest BCUT2D eigenvalue weighted by atomic mass is 32.2. The lowest BCUT2D eigenvalue weighted by atomic mass is 10.1.